The number of nitrogens with zero attached hydrogens (tertiary/aromatic N) is 3. The Bertz CT molecular complexity index is 4780. The summed E-state index contributed by atoms with van der Waals surface area (Å²) in [6.07, 6.45) is 17.9. The van der Waals surface area contributed by atoms with Crippen LogP contribution in [0.3, 0.4) is 0 Å². The molecule has 15 heteroatoms. The fourth-order valence-corrected chi connectivity index (χ4v) is 20.4. The Morgan fingerprint density at radius 1 is 0.311 bits per heavy atom. The normalized spacial score (nSPS) is 14.8. The maximum absolute atomic E-state index is 6.98. The molecule has 3 aromatic carbocycles. The van der Waals surface area contributed by atoms with Crippen LogP contribution < -0.4 is 28.3 Å². The van der Waals surface area contributed by atoms with E-state index in [1.54, 1.807) is 0 Å². The van der Waals surface area contributed by atoms with Crippen molar-refractivity contribution in [1.82, 2.24) is 15.0 Å². The number of nitrogens with one attached hydrogen (secondary N) is 3. The van der Waals surface area contributed by atoms with Crippen molar-refractivity contribution in [1.29, 1.82) is 0 Å². The van der Waals surface area contributed by atoms with Crippen LogP contribution in [0.5, 0.6) is 0 Å². The Hall–Kier alpha value is -5.31. The van der Waals surface area contributed by atoms with E-state index in [0.29, 0.717) is 30.1 Å². The molecule has 0 aliphatic carbocycles. The van der Waals surface area contributed by atoms with Crippen molar-refractivity contribution < 1.29 is 0 Å². The van der Waals surface area contributed by atoms with Crippen LogP contribution in [0.2, 0.25) is 30.1 Å². The third kappa shape index (κ3) is 12.8. The van der Waals surface area contributed by atoms with Crippen LogP contribution in [0.25, 0.3) is 33.8 Å². The Balaban J connectivity index is 1.20. The first kappa shape index (κ1) is 63.4. The zero-order valence-electron chi connectivity index (χ0n) is 50.9. The van der Waals surface area contributed by atoms with Gasteiger partial charge in [-0.25, -0.2) is 0 Å². The maximum atomic E-state index is 6.98. The molecule has 3 N–H and O–H groups in total. The average Bonchev–Trinajstić information content (AvgIpc) is 1.71. The molecule has 0 spiro atoms. The predicted octanol–water partition coefficient (Wildman–Crippen LogP) is 15.4. The van der Waals surface area contributed by atoms with Gasteiger partial charge in [0, 0.05) is 0 Å². The summed E-state index contributed by atoms with van der Waals surface area (Å²) in [5, 5.41) is 9.84. The SMILES string of the molecule is CCCC1=CC2=c3ccc([se]3)=c3cc(CCC)c([nH]3)=C(c3cc(Cl)cc(Cl)c3)C3=NC(=c4ccc([se]4)=c4cc(CCC)c([nH]4)=C(c4cc(Cl)cc(Cl)c4)C4=NC(=c5ccc([se]5)=c5cc(CCC)c([nH]5)=C(c5cc(Cl)cc(Cl)c5)C1=N2)C=C4CCC)C=C3CCC. The molecule has 9 aromatic rings. The van der Waals surface area contributed by atoms with Gasteiger partial charge < -0.3 is 0 Å². The number of benzene rings is 3. The average molecular weight is 1500 g/mol. The molecule has 456 valence electrons. The van der Waals surface area contributed by atoms with E-state index in [0.717, 1.165) is 177 Å². The van der Waals surface area contributed by atoms with Crippen LogP contribution >= 0.6 is 69.6 Å². The molecule has 6 aromatic heterocycles. The van der Waals surface area contributed by atoms with E-state index < -0.39 is 0 Å². The summed E-state index contributed by atoms with van der Waals surface area (Å²) in [5.74, 6) is 0. The van der Waals surface area contributed by atoms with E-state index >= 15 is 0 Å². The third-order valence-electron chi connectivity index (χ3n) is 16.6. The van der Waals surface area contributed by atoms with Gasteiger partial charge in [0.1, 0.15) is 0 Å². The van der Waals surface area contributed by atoms with Crippen molar-refractivity contribution in [2.45, 2.75) is 119 Å². The molecule has 0 radical (unpaired) electrons. The first-order valence-corrected chi connectivity index (χ1v) is 38.6. The molecule has 0 saturated heterocycles. The van der Waals surface area contributed by atoms with Crippen LogP contribution in [0, 0.1) is 28.3 Å². The first-order chi connectivity index (χ1) is 43.7. The zero-order chi connectivity index (χ0) is 62.5. The van der Waals surface area contributed by atoms with Gasteiger partial charge >= 0.3 is 577 Å². The van der Waals surface area contributed by atoms with Crippen LogP contribution in [0.15, 0.2) is 159 Å². The van der Waals surface area contributed by atoms with Crippen molar-refractivity contribution in [3.63, 3.8) is 0 Å². The van der Waals surface area contributed by atoms with Crippen molar-refractivity contribution in [3.05, 3.63) is 264 Å². The molecule has 4 aliphatic heterocycles. The van der Waals surface area contributed by atoms with Crippen LogP contribution in [0.4, 0.5) is 0 Å². The van der Waals surface area contributed by atoms with E-state index in [9.17, 15) is 0 Å². The van der Waals surface area contributed by atoms with Gasteiger partial charge in [-0.15, -0.1) is 0 Å². The van der Waals surface area contributed by atoms with Crippen molar-refractivity contribution in [2.75, 3.05) is 0 Å². The van der Waals surface area contributed by atoms with Crippen molar-refractivity contribution >= 4 is 164 Å². The zero-order valence-corrected chi connectivity index (χ0v) is 60.6. The van der Waals surface area contributed by atoms with E-state index in [1.807, 2.05) is 54.6 Å². The number of rotatable bonds is 15. The van der Waals surface area contributed by atoms with E-state index in [4.69, 9.17) is 84.6 Å². The number of halogens is 6. The van der Waals surface area contributed by atoms with Gasteiger partial charge in [-0.3, -0.25) is 0 Å². The molecule has 90 heavy (non-hydrogen) atoms. The van der Waals surface area contributed by atoms with Gasteiger partial charge in [0.25, 0.3) is 0 Å². The number of hydrogen-bond acceptors (Lipinski definition) is 3. The van der Waals surface area contributed by atoms with Gasteiger partial charge in [0.05, 0.1) is 0 Å². The van der Waals surface area contributed by atoms with Crippen molar-refractivity contribution in [3.8, 4) is 0 Å². The topological polar surface area (TPSA) is 84.5 Å². The number of allylic oxidation sites excluding steroid dienone is 3. The number of aliphatic imine (C=N–C) groups is 3. The summed E-state index contributed by atoms with van der Waals surface area (Å²) < 4.78 is 7.42. The molecule has 0 saturated carbocycles. The molecule has 0 amide bonds. The minimum absolute atomic E-state index is 0.0861. The Labute approximate surface area is 571 Å². The number of aromatic nitrogens is 3. The number of H-pyrrole nitrogens is 3. The van der Waals surface area contributed by atoms with E-state index in [2.05, 4.69) is 129 Å². The number of aromatic amines is 3. The van der Waals surface area contributed by atoms with Gasteiger partial charge in [0.15, 0.2) is 0 Å². The predicted molar refractivity (Wildman–Crippen MR) is 384 cm³/mol. The molecule has 18 bridgehead atoms. The fourth-order valence-electron chi connectivity index (χ4n) is 12.9. The molecule has 4 aliphatic rings. The molecule has 0 unspecified atom stereocenters. The third-order valence-corrected chi connectivity index (χ3v) is 25.1. The van der Waals surface area contributed by atoms with Crippen LogP contribution in [0.1, 0.15) is 133 Å². The molecule has 0 atom stereocenters. The summed E-state index contributed by atoms with van der Waals surface area (Å²) in [6, 6.07) is 38.5. The molecular formula is C75H66Cl6N6Se3. The van der Waals surface area contributed by atoms with Crippen LogP contribution in [-0.2, 0) is 19.3 Å². The van der Waals surface area contributed by atoms with E-state index in [-0.39, 0.29) is 43.5 Å². The first-order valence-electron chi connectivity index (χ1n) is 31.2. The van der Waals surface area contributed by atoms with Gasteiger partial charge in [0.2, 0.25) is 0 Å². The second kappa shape index (κ2) is 27.3. The number of aryl methyl sites for hydroxylation is 3. The summed E-state index contributed by atoms with van der Waals surface area (Å²) >= 11 is 41.6. The molecular weight excluding hydrogens is 1430 g/mol. The minimum atomic E-state index is -0.0861. The van der Waals surface area contributed by atoms with Crippen LogP contribution in [-0.4, -0.2) is 75.6 Å². The molecule has 6 nitrogen and oxygen atoms in total. The second-order valence-electron chi connectivity index (χ2n) is 23.4. The Morgan fingerprint density at radius 2 is 0.556 bits per heavy atom. The summed E-state index contributed by atoms with van der Waals surface area (Å²) in [6.45, 7) is 13.5. The quantitative estimate of drug-likeness (QED) is 0.0855. The summed E-state index contributed by atoms with van der Waals surface area (Å²) in [5.41, 5.74) is 18.9. The van der Waals surface area contributed by atoms with Gasteiger partial charge in [-0.05, 0) is 0 Å². The second-order valence-corrected chi connectivity index (χ2v) is 32.8. The van der Waals surface area contributed by atoms with Gasteiger partial charge in [-0.2, -0.15) is 0 Å². The Kier molecular flexibility index (Phi) is 19.3. The monoisotopic (exact) mass is 1500 g/mol. The molecule has 10 heterocycles. The fraction of sp³-hybridized carbons (Fsp3) is 0.240. The number of hydrogen-bond donors (Lipinski definition) is 3. The summed E-state index contributed by atoms with van der Waals surface area (Å²) in [4.78, 5) is 29.3. The molecule has 0 fully saturated rings. The van der Waals surface area contributed by atoms with Crippen molar-refractivity contribution in [2.24, 2.45) is 15.0 Å². The Morgan fingerprint density at radius 3 is 0.800 bits per heavy atom. The van der Waals surface area contributed by atoms with E-state index in [1.165, 1.54) is 58.0 Å². The summed E-state index contributed by atoms with van der Waals surface area (Å²) in [7, 11) is 0. The van der Waals surface area contributed by atoms with Gasteiger partial charge in [-0.1, -0.05) is 0 Å². The standard InChI is InChI=1S/C75H66Cl6N6Se3/c1-7-13-40-31-55-61-19-20-62(88-61)57-33-42(15-9-3)72(84-57)68(47-27-51(78)38-52(79)28-47)73-44(17-11-5)35-59(86-73)65-23-24-66(90-65)60-36-45(18-12-6)75(87-60)69(48-29-53(80)39-54(81)30-48)74-43(16-10-4)34-58(85-74)64-22-21-63(89-64)56-32-41(14-8-2)71(83-56)67(70(40)82-55)46-25-49(76)37-50(77)26-46/h19-39,82,85-86H,7-18H2,1-6H3. The number of fused-ring (bicyclic) bond motifs is 15. The molecule has 13 rings (SSSR count).